The SMILES string of the molecule is CC(C)c1nc(C(C#N)c2c(Cl)cc(N)cc2Cl)cnc1Cl. The fourth-order valence-corrected chi connectivity index (χ4v) is 3.10. The van der Waals surface area contributed by atoms with Gasteiger partial charge in [-0.1, -0.05) is 48.7 Å². The molecule has 7 heteroatoms. The zero-order valence-corrected chi connectivity index (χ0v) is 14.2. The number of hydrogen-bond acceptors (Lipinski definition) is 4. The van der Waals surface area contributed by atoms with Gasteiger partial charge < -0.3 is 5.73 Å². The molecule has 2 rings (SSSR count). The van der Waals surface area contributed by atoms with E-state index in [0.29, 0.717) is 37.8 Å². The van der Waals surface area contributed by atoms with Crippen LogP contribution in [0.25, 0.3) is 0 Å². The molecule has 1 unspecified atom stereocenters. The van der Waals surface area contributed by atoms with Crippen molar-refractivity contribution in [2.24, 2.45) is 0 Å². The molecule has 0 saturated carbocycles. The Labute approximate surface area is 143 Å². The van der Waals surface area contributed by atoms with Crippen LogP contribution in [0.4, 0.5) is 5.69 Å². The van der Waals surface area contributed by atoms with Gasteiger partial charge in [-0.05, 0) is 18.1 Å². The Bertz CT molecular complexity index is 730. The zero-order chi connectivity index (χ0) is 16.4. The van der Waals surface area contributed by atoms with Gasteiger partial charge in [-0.2, -0.15) is 5.26 Å². The standard InChI is InChI=1S/C15H13Cl3N4/c1-7(2)14-15(18)21-6-12(22-14)9(5-19)13-10(16)3-8(20)4-11(13)17/h3-4,6-7,9H,20H2,1-2H3. The van der Waals surface area contributed by atoms with Crippen molar-refractivity contribution in [3.05, 3.63) is 50.5 Å². The summed E-state index contributed by atoms with van der Waals surface area (Å²) in [6.45, 7) is 3.90. The summed E-state index contributed by atoms with van der Waals surface area (Å²) >= 11 is 18.4. The summed E-state index contributed by atoms with van der Waals surface area (Å²) in [6, 6.07) is 5.28. The topological polar surface area (TPSA) is 75.6 Å². The number of nitrogens with zero attached hydrogens (tertiary/aromatic N) is 3. The lowest BCUT2D eigenvalue weighted by atomic mass is 9.96. The Morgan fingerprint density at radius 1 is 1.18 bits per heavy atom. The lowest BCUT2D eigenvalue weighted by molar-refractivity contribution is 0.787. The Morgan fingerprint density at radius 2 is 1.77 bits per heavy atom. The predicted octanol–water partition coefficient (Wildman–Crippen LogP) is 4.80. The number of nitriles is 1. The molecule has 0 radical (unpaired) electrons. The highest BCUT2D eigenvalue weighted by atomic mass is 35.5. The number of anilines is 1. The highest BCUT2D eigenvalue weighted by Crippen LogP contribution is 2.37. The van der Waals surface area contributed by atoms with Gasteiger partial charge in [0.15, 0.2) is 5.15 Å². The molecule has 1 atom stereocenters. The normalized spacial score (nSPS) is 12.2. The second kappa shape index (κ2) is 6.70. The summed E-state index contributed by atoms with van der Waals surface area (Å²) in [6.07, 6.45) is 1.46. The van der Waals surface area contributed by atoms with Crippen LogP contribution in [0.2, 0.25) is 15.2 Å². The molecule has 2 N–H and O–H groups in total. The van der Waals surface area contributed by atoms with Gasteiger partial charge in [0, 0.05) is 21.3 Å². The predicted molar refractivity (Wildman–Crippen MR) is 89.5 cm³/mol. The van der Waals surface area contributed by atoms with Crippen molar-refractivity contribution in [2.45, 2.75) is 25.7 Å². The van der Waals surface area contributed by atoms with Crippen LogP contribution < -0.4 is 5.73 Å². The van der Waals surface area contributed by atoms with Crippen molar-refractivity contribution in [3.63, 3.8) is 0 Å². The van der Waals surface area contributed by atoms with E-state index in [4.69, 9.17) is 40.5 Å². The Morgan fingerprint density at radius 3 is 2.27 bits per heavy atom. The van der Waals surface area contributed by atoms with Gasteiger partial charge >= 0.3 is 0 Å². The highest BCUT2D eigenvalue weighted by molar-refractivity contribution is 6.36. The van der Waals surface area contributed by atoms with Crippen LogP contribution >= 0.6 is 34.8 Å². The van der Waals surface area contributed by atoms with E-state index >= 15 is 0 Å². The first-order valence-corrected chi connectivity index (χ1v) is 7.64. The first-order valence-electron chi connectivity index (χ1n) is 6.51. The summed E-state index contributed by atoms with van der Waals surface area (Å²) in [5.74, 6) is -0.667. The molecular weight excluding hydrogens is 343 g/mol. The van der Waals surface area contributed by atoms with E-state index in [0.717, 1.165) is 0 Å². The van der Waals surface area contributed by atoms with E-state index < -0.39 is 5.92 Å². The van der Waals surface area contributed by atoms with Crippen LogP contribution in [0.5, 0.6) is 0 Å². The minimum atomic E-state index is -0.747. The molecule has 1 aromatic carbocycles. The van der Waals surface area contributed by atoms with E-state index in [9.17, 15) is 5.26 Å². The van der Waals surface area contributed by atoms with Gasteiger partial charge in [-0.3, -0.25) is 4.98 Å². The van der Waals surface area contributed by atoms with E-state index in [1.54, 1.807) is 12.1 Å². The summed E-state index contributed by atoms with van der Waals surface area (Å²) in [4.78, 5) is 8.57. The Hall–Kier alpha value is -1.54. The Kier molecular flexibility index (Phi) is 5.12. The highest BCUT2D eigenvalue weighted by Gasteiger charge is 2.23. The maximum absolute atomic E-state index is 9.55. The minimum Gasteiger partial charge on any atom is -0.399 e. The molecule has 0 spiro atoms. The van der Waals surface area contributed by atoms with E-state index in [-0.39, 0.29) is 5.92 Å². The third kappa shape index (κ3) is 3.27. The van der Waals surface area contributed by atoms with Crippen LogP contribution in [0.15, 0.2) is 18.3 Å². The molecule has 0 aliphatic carbocycles. The summed E-state index contributed by atoms with van der Waals surface area (Å²) in [5, 5.41) is 10.5. The van der Waals surface area contributed by atoms with Crippen molar-refractivity contribution in [2.75, 3.05) is 5.73 Å². The number of nitrogens with two attached hydrogens (primary N) is 1. The molecule has 0 saturated heterocycles. The van der Waals surface area contributed by atoms with E-state index in [1.165, 1.54) is 6.20 Å². The second-order valence-corrected chi connectivity index (χ2v) is 6.26. The van der Waals surface area contributed by atoms with Crippen molar-refractivity contribution >= 4 is 40.5 Å². The van der Waals surface area contributed by atoms with Gasteiger partial charge in [0.05, 0.1) is 23.7 Å². The molecule has 2 aromatic rings. The van der Waals surface area contributed by atoms with Gasteiger partial charge in [0.25, 0.3) is 0 Å². The van der Waals surface area contributed by atoms with Crippen molar-refractivity contribution < 1.29 is 0 Å². The minimum absolute atomic E-state index is 0.0802. The van der Waals surface area contributed by atoms with Gasteiger partial charge in [-0.15, -0.1) is 0 Å². The molecule has 0 fully saturated rings. The van der Waals surface area contributed by atoms with Gasteiger partial charge in [0.2, 0.25) is 0 Å². The monoisotopic (exact) mass is 354 g/mol. The van der Waals surface area contributed by atoms with Gasteiger partial charge in [0.1, 0.15) is 5.92 Å². The summed E-state index contributed by atoms with van der Waals surface area (Å²) < 4.78 is 0. The second-order valence-electron chi connectivity index (χ2n) is 5.09. The third-order valence-electron chi connectivity index (χ3n) is 3.13. The molecule has 0 aliphatic rings. The van der Waals surface area contributed by atoms with E-state index in [2.05, 4.69) is 16.0 Å². The van der Waals surface area contributed by atoms with Crippen LogP contribution in [0.1, 0.15) is 42.6 Å². The number of hydrogen-bond donors (Lipinski definition) is 1. The largest absolute Gasteiger partial charge is 0.399 e. The average molecular weight is 356 g/mol. The van der Waals surface area contributed by atoms with Gasteiger partial charge in [-0.25, -0.2) is 4.98 Å². The van der Waals surface area contributed by atoms with Crippen molar-refractivity contribution in [3.8, 4) is 6.07 Å². The number of benzene rings is 1. The molecular formula is C15H13Cl3N4. The molecule has 4 nitrogen and oxygen atoms in total. The van der Waals surface area contributed by atoms with Crippen LogP contribution in [-0.2, 0) is 0 Å². The molecule has 1 heterocycles. The number of rotatable bonds is 3. The van der Waals surface area contributed by atoms with Crippen molar-refractivity contribution in [1.82, 2.24) is 9.97 Å². The third-order valence-corrected chi connectivity index (χ3v) is 4.05. The summed E-state index contributed by atoms with van der Waals surface area (Å²) in [7, 11) is 0. The first-order chi connectivity index (χ1) is 10.3. The molecule has 0 aliphatic heterocycles. The zero-order valence-electron chi connectivity index (χ0n) is 11.9. The fourth-order valence-electron chi connectivity index (χ4n) is 2.07. The maximum atomic E-state index is 9.55. The quantitative estimate of drug-likeness (QED) is 0.802. The maximum Gasteiger partial charge on any atom is 0.150 e. The summed E-state index contributed by atoms with van der Waals surface area (Å²) in [5.41, 5.74) is 7.67. The molecule has 1 aromatic heterocycles. The van der Waals surface area contributed by atoms with Crippen LogP contribution in [-0.4, -0.2) is 9.97 Å². The lowest BCUT2D eigenvalue weighted by Gasteiger charge is -2.15. The molecule has 114 valence electrons. The lowest BCUT2D eigenvalue weighted by Crippen LogP contribution is -2.08. The van der Waals surface area contributed by atoms with Crippen LogP contribution in [0, 0.1) is 11.3 Å². The smallest absolute Gasteiger partial charge is 0.150 e. The average Bonchev–Trinajstić information content (AvgIpc) is 2.43. The van der Waals surface area contributed by atoms with Crippen molar-refractivity contribution in [1.29, 1.82) is 5.26 Å². The van der Waals surface area contributed by atoms with E-state index in [1.807, 2.05) is 13.8 Å². The number of nitrogen functional groups attached to an aromatic ring is 1. The molecule has 0 amide bonds. The Balaban J connectivity index is 2.60. The first kappa shape index (κ1) is 16.8. The van der Waals surface area contributed by atoms with Crippen LogP contribution in [0.3, 0.4) is 0 Å². The number of aromatic nitrogens is 2. The number of halogens is 3. The molecule has 22 heavy (non-hydrogen) atoms. The molecule has 0 bridgehead atoms. The fraction of sp³-hybridized carbons (Fsp3) is 0.267.